The van der Waals surface area contributed by atoms with Crippen LogP contribution in [0.15, 0.2) is 11.1 Å². The van der Waals surface area contributed by atoms with Crippen molar-refractivity contribution in [1.29, 1.82) is 0 Å². The predicted octanol–water partition coefficient (Wildman–Crippen LogP) is -0.802. The Morgan fingerprint density at radius 1 is 1.37 bits per heavy atom. The molecule has 0 amide bonds. The molecule has 1 fully saturated rings. The summed E-state index contributed by atoms with van der Waals surface area (Å²) in [6, 6.07) is -0.416. The highest BCUT2D eigenvalue weighted by molar-refractivity contribution is 5.74. The van der Waals surface area contributed by atoms with Gasteiger partial charge in [0, 0.05) is 12.5 Å². The maximum atomic E-state index is 12.2. The number of hydrogen-bond donors (Lipinski definition) is 2. The Labute approximate surface area is 108 Å². The van der Waals surface area contributed by atoms with Gasteiger partial charge < -0.3 is 14.8 Å². The molecule has 4 atom stereocenters. The van der Waals surface area contributed by atoms with Crippen LogP contribution in [0.25, 0.3) is 11.2 Å². The molecule has 4 rings (SSSR count). The standard InChI is InChI=1S/C12H14N4O3/c1-5-8-11-15(4-13-8)3-6-2-7(10(18)9(6)17)16(11)12(19)14-5/h4,6-7,9-10,17-18H,2-3H2,1H3/t6-,7+,9+,10?/m1/s1. The van der Waals surface area contributed by atoms with Crippen molar-refractivity contribution < 1.29 is 10.2 Å². The normalized spacial score (nSPS) is 32.8. The van der Waals surface area contributed by atoms with E-state index in [9.17, 15) is 15.0 Å². The molecule has 1 aliphatic carbocycles. The predicted molar refractivity (Wildman–Crippen MR) is 65.7 cm³/mol. The molecule has 7 heteroatoms. The average Bonchev–Trinajstić information content (AvgIpc) is 2.82. The lowest BCUT2D eigenvalue weighted by Gasteiger charge is -2.23. The Bertz CT molecular complexity index is 734. The summed E-state index contributed by atoms with van der Waals surface area (Å²) in [7, 11) is 0. The lowest BCUT2D eigenvalue weighted by atomic mass is 10.1. The molecule has 0 radical (unpaired) electrons. The topological polar surface area (TPSA) is 93.2 Å². The van der Waals surface area contributed by atoms with E-state index in [1.54, 1.807) is 13.3 Å². The Kier molecular flexibility index (Phi) is 2.01. The molecule has 0 aromatic carbocycles. The maximum absolute atomic E-state index is 12.2. The quantitative estimate of drug-likeness (QED) is 0.648. The molecular formula is C12H14N4O3. The molecule has 3 heterocycles. The molecule has 19 heavy (non-hydrogen) atoms. The highest BCUT2D eigenvalue weighted by Crippen LogP contribution is 2.39. The van der Waals surface area contributed by atoms with Gasteiger partial charge in [-0.05, 0) is 13.3 Å². The van der Waals surface area contributed by atoms with Crippen LogP contribution in [0.1, 0.15) is 18.2 Å². The zero-order chi connectivity index (χ0) is 13.3. The number of aromatic nitrogens is 4. The second-order valence-electron chi connectivity index (χ2n) is 5.46. The van der Waals surface area contributed by atoms with Crippen molar-refractivity contribution in [3.63, 3.8) is 0 Å². The molecule has 1 aliphatic heterocycles. The van der Waals surface area contributed by atoms with Crippen molar-refractivity contribution in [3.8, 4) is 0 Å². The fourth-order valence-corrected chi connectivity index (χ4v) is 3.45. The van der Waals surface area contributed by atoms with Gasteiger partial charge in [0.1, 0.15) is 17.3 Å². The Hall–Kier alpha value is -1.73. The summed E-state index contributed by atoms with van der Waals surface area (Å²) in [5.41, 5.74) is 1.61. The molecule has 2 aliphatic rings. The SMILES string of the molecule is Cc1nc(=O)n2c3c1ncn3C[C@H]1C[C@H]2C(O)[C@H]1O. The first-order valence-corrected chi connectivity index (χ1v) is 6.38. The van der Waals surface area contributed by atoms with Crippen molar-refractivity contribution in [2.45, 2.75) is 38.1 Å². The van der Waals surface area contributed by atoms with Crippen LogP contribution in [0.5, 0.6) is 0 Å². The van der Waals surface area contributed by atoms with Gasteiger partial charge in [-0.3, -0.25) is 4.57 Å². The third kappa shape index (κ3) is 1.26. The second-order valence-corrected chi connectivity index (χ2v) is 5.46. The summed E-state index contributed by atoms with van der Waals surface area (Å²) in [5.74, 6) is -0.0583. The lowest BCUT2D eigenvalue weighted by molar-refractivity contribution is 0.00117. The number of fused-ring (bicyclic) bond motifs is 3. The lowest BCUT2D eigenvalue weighted by Crippen LogP contribution is -2.37. The van der Waals surface area contributed by atoms with Gasteiger partial charge in [-0.15, -0.1) is 0 Å². The van der Waals surface area contributed by atoms with Gasteiger partial charge in [0.2, 0.25) is 0 Å². The van der Waals surface area contributed by atoms with Crippen molar-refractivity contribution in [2.75, 3.05) is 0 Å². The van der Waals surface area contributed by atoms with Crippen molar-refractivity contribution >= 4 is 11.2 Å². The van der Waals surface area contributed by atoms with Gasteiger partial charge in [-0.2, -0.15) is 4.98 Å². The summed E-state index contributed by atoms with van der Waals surface area (Å²) in [5, 5.41) is 20.2. The fourth-order valence-electron chi connectivity index (χ4n) is 3.45. The zero-order valence-electron chi connectivity index (χ0n) is 10.4. The van der Waals surface area contributed by atoms with Crippen molar-refractivity contribution in [2.24, 2.45) is 5.92 Å². The van der Waals surface area contributed by atoms with E-state index in [0.29, 0.717) is 29.8 Å². The van der Waals surface area contributed by atoms with Gasteiger partial charge in [-0.25, -0.2) is 9.78 Å². The smallest absolute Gasteiger partial charge is 0.349 e. The van der Waals surface area contributed by atoms with Crippen molar-refractivity contribution in [1.82, 2.24) is 19.1 Å². The minimum atomic E-state index is -0.918. The fraction of sp³-hybridized carbons (Fsp3) is 0.583. The van der Waals surface area contributed by atoms with Gasteiger partial charge in [0.25, 0.3) is 0 Å². The van der Waals surface area contributed by atoms with Crippen LogP contribution in [-0.4, -0.2) is 41.5 Å². The largest absolute Gasteiger partial charge is 0.390 e. The minimum absolute atomic E-state index is 0.0583. The molecule has 2 N–H and O–H groups in total. The van der Waals surface area contributed by atoms with E-state index in [2.05, 4.69) is 9.97 Å². The van der Waals surface area contributed by atoms with Gasteiger partial charge in [-0.1, -0.05) is 0 Å². The number of nitrogens with zero attached hydrogens (tertiary/aromatic N) is 4. The van der Waals surface area contributed by atoms with E-state index < -0.39 is 18.2 Å². The molecule has 2 aromatic rings. The van der Waals surface area contributed by atoms with E-state index >= 15 is 0 Å². The molecule has 7 nitrogen and oxygen atoms in total. The molecule has 100 valence electrons. The molecule has 2 bridgehead atoms. The van der Waals surface area contributed by atoms with Gasteiger partial charge in [0.15, 0.2) is 0 Å². The van der Waals surface area contributed by atoms with Crippen LogP contribution in [0.2, 0.25) is 0 Å². The maximum Gasteiger partial charge on any atom is 0.349 e. The monoisotopic (exact) mass is 262 g/mol. The number of rotatable bonds is 0. The Morgan fingerprint density at radius 3 is 2.95 bits per heavy atom. The number of aryl methyl sites for hydroxylation is 1. The molecule has 0 saturated heterocycles. The van der Waals surface area contributed by atoms with Crippen LogP contribution in [0.3, 0.4) is 0 Å². The molecule has 1 unspecified atom stereocenters. The van der Waals surface area contributed by atoms with E-state index in [-0.39, 0.29) is 11.6 Å². The van der Waals surface area contributed by atoms with E-state index in [1.165, 1.54) is 4.57 Å². The van der Waals surface area contributed by atoms with Crippen LogP contribution in [0, 0.1) is 12.8 Å². The number of aliphatic hydroxyl groups excluding tert-OH is 2. The Morgan fingerprint density at radius 2 is 2.16 bits per heavy atom. The molecule has 2 aromatic heterocycles. The van der Waals surface area contributed by atoms with Crippen LogP contribution < -0.4 is 5.69 Å². The Balaban J connectivity index is 2.11. The van der Waals surface area contributed by atoms with Crippen molar-refractivity contribution in [3.05, 3.63) is 22.5 Å². The molecule has 1 saturated carbocycles. The van der Waals surface area contributed by atoms with E-state index in [1.807, 2.05) is 4.57 Å². The third-order valence-electron chi connectivity index (χ3n) is 4.38. The molecular weight excluding hydrogens is 248 g/mol. The summed E-state index contributed by atoms with van der Waals surface area (Å²) in [6.45, 7) is 2.32. The van der Waals surface area contributed by atoms with Crippen LogP contribution in [-0.2, 0) is 6.54 Å². The molecule has 0 spiro atoms. The van der Waals surface area contributed by atoms with Crippen LogP contribution >= 0.6 is 0 Å². The average molecular weight is 262 g/mol. The zero-order valence-corrected chi connectivity index (χ0v) is 10.4. The van der Waals surface area contributed by atoms with Crippen LogP contribution in [0.4, 0.5) is 0 Å². The van der Waals surface area contributed by atoms with Gasteiger partial charge >= 0.3 is 5.69 Å². The van der Waals surface area contributed by atoms with Gasteiger partial charge in [0.05, 0.1) is 24.2 Å². The third-order valence-corrected chi connectivity index (χ3v) is 4.38. The summed E-state index contributed by atoms with van der Waals surface area (Å²) < 4.78 is 3.38. The highest BCUT2D eigenvalue weighted by atomic mass is 16.3. The van der Waals surface area contributed by atoms with E-state index in [4.69, 9.17) is 0 Å². The summed E-state index contributed by atoms with van der Waals surface area (Å²) >= 11 is 0. The second kappa shape index (κ2) is 3.43. The summed E-state index contributed by atoms with van der Waals surface area (Å²) in [4.78, 5) is 20.5. The number of hydrogen-bond acceptors (Lipinski definition) is 5. The first-order valence-electron chi connectivity index (χ1n) is 6.38. The minimum Gasteiger partial charge on any atom is -0.390 e. The first kappa shape index (κ1) is 11.1. The number of aliphatic hydroxyl groups is 2. The summed E-state index contributed by atoms with van der Waals surface area (Å²) in [6.07, 6.45) is 0.543. The van der Waals surface area contributed by atoms with E-state index in [0.717, 1.165) is 0 Å². The highest BCUT2D eigenvalue weighted by Gasteiger charge is 2.45. The number of imidazole rings is 1. The first-order chi connectivity index (χ1) is 9.08.